The van der Waals surface area contributed by atoms with E-state index in [0.717, 1.165) is 17.1 Å². The third-order valence-corrected chi connectivity index (χ3v) is 2.36. The molecule has 0 spiro atoms. The van der Waals surface area contributed by atoms with Crippen molar-refractivity contribution in [2.45, 2.75) is 13.8 Å². The van der Waals surface area contributed by atoms with E-state index in [4.69, 9.17) is 9.47 Å². The first-order valence-electron chi connectivity index (χ1n) is 5.68. The summed E-state index contributed by atoms with van der Waals surface area (Å²) < 4.78 is 11.3. The Hall–Kier alpha value is -1.96. The van der Waals surface area contributed by atoms with Crippen LogP contribution in [-0.4, -0.2) is 6.61 Å². The highest BCUT2D eigenvalue weighted by Gasteiger charge is 2.08. The molecule has 2 rings (SSSR count). The van der Waals surface area contributed by atoms with Gasteiger partial charge >= 0.3 is 0 Å². The molecule has 0 N–H and O–H groups in total. The summed E-state index contributed by atoms with van der Waals surface area (Å²) >= 11 is 0. The van der Waals surface area contributed by atoms with Gasteiger partial charge in [-0.25, -0.2) is 0 Å². The zero-order valence-electron chi connectivity index (χ0n) is 10.1. The maximum atomic E-state index is 5.76. The summed E-state index contributed by atoms with van der Waals surface area (Å²) in [4.78, 5) is 0. The summed E-state index contributed by atoms with van der Waals surface area (Å²) in [5, 5.41) is 0. The van der Waals surface area contributed by atoms with E-state index >= 15 is 0 Å². The van der Waals surface area contributed by atoms with Crippen LogP contribution in [0.4, 0.5) is 0 Å². The summed E-state index contributed by atoms with van der Waals surface area (Å²) in [6.45, 7) is 4.57. The van der Waals surface area contributed by atoms with Gasteiger partial charge in [-0.1, -0.05) is 24.3 Å². The van der Waals surface area contributed by atoms with Gasteiger partial charge in [0.05, 0.1) is 6.61 Å². The minimum Gasteiger partial charge on any atom is -0.490 e. The van der Waals surface area contributed by atoms with E-state index in [-0.39, 0.29) is 0 Å². The number of aryl methyl sites for hydroxylation is 1. The third-order valence-electron chi connectivity index (χ3n) is 2.36. The quantitative estimate of drug-likeness (QED) is 0.786. The Morgan fingerprint density at radius 2 is 1.88 bits per heavy atom. The van der Waals surface area contributed by atoms with Crippen LogP contribution < -0.4 is 9.47 Å². The van der Waals surface area contributed by atoms with E-state index in [9.17, 15) is 0 Å². The largest absolute Gasteiger partial charge is 0.490 e. The molecule has 0 heterocycles. The average molecular weight is 227 g/mol. The summed E-state index contributed by atoms with van der Waals surface area (Å²) in [5.74, 6) is 2.19. The lowest BCUT2D eigenvalue weighted by Gasteiger charge is -2.13. The van der Waals surface area contributed by atoms with Crippen LogP contribution in [-0.2, 0) is 0 Å². The van der Waals surface area contributed by atoms with Crippen molar-refractivity contribution in [3.63, 3.8) is 0 Å². The molecule has 17 heavy (non-hydrogen) atoms. The second kappa shape index (κ2) is 5.39. The molecule has 0 aromatic heterocycles. The molecular formula is C15H15O2. The van der Waals surface area contributed by atoms with E-state index < -0.39 is 0 Å². The number of hydrogen-bond donors (Lipinski definition) is 0. The van der Waals surface area contributed by atoms with E-state index in [1.54, 1.807) is 0 Å². The maximum absolute atomic E-state index is 5.76. The first-order valence-corrected chi connectivity index (χ1v) is 5.68. The Bertz CT molecular complexity index is 478. The zero-order valence-corrected chi connectivity index (χ0v) is 10.1. The van der Waals surface area contributed by atoms with Crippen molar-refractivity contribution in [3.8, 4) is 17.2 Å². The molecule has 0 aliphatic rings. The van der Waals surface area contributed by atoms with E-state index in [1.165, 1.54) is 0 Å². The molecule has 0 atom stereocenters. The van der Waals surface area contributed by atoms with Gasteiger partial charge in [0.2, 0.25) is 0 Å². The van der Waals surface area contributed by atoms with Gasteiger partial charge in [0.25, 0.3) is 0 Å². The number of para-hydroxylation sites is 1. The molecule has 0 unspecified atom stereocenters. The average Bonchev–Trinajstić information content (AvgIpc) is 2.35. The Balaban J connectivity index is 2.29. The summed E-state index contributed by atoms with van der Waals surface area (Å²) in [6.07, 6.45) is 0. The van der Waals surface area contributed by atoms with Crippen LogP contribution >= 0.6 is 0 Å². The smallest absolute Gasteiger partial charge is 0.177 e. The van der Waals surface area contributed by atoms with Gasteiger partial charge < -0.3 is 9.47 Å². The minimum atomic E-state index is 0.615. The van der Waals surface area contributed by atoms with Gasteiger partial charge in [-0.15, -0.1) is 0 Å². The number of benzene rings is 2. The van der Waals surface area contributed by atoms with Crippen molar-refractivity contribution in [1.29, 1.82) is 0 Å². The molecule has 0 aliphatic heterocycles. The van der Waals surface area contributed by atoms with Crippen molar-refractivity contribution < 1.29 is 9.47 Å². The molecule has 0 amide bonds. The summed E-state index contributed by atoms with van der Waals surface area (Å²) in [5.41, 5.74) is 1.05. The minimum absolute atomic E-state index is 0.615. The monoisotopic (exact) mass is 227 g/mol. The second-order valence-electron chi connectivity index (χ2n) is 3.67. The molecule has 0 fully saturated rings. The Kier molecular flexibility index (Phi) is 3.66. The number of rotatable bonds is 4. The van der Waals surface area contributed by atoms with Gasteiger partial charge in [-0.05, 0) is 37.6 Å². The molecule has 2 aromatic rings. The van der Waals surface area contributed by atoms with E-state index in [2.05, 4.69) is 6.07 Å². The highest BCUT2D eigenvalue weighted by molar-refractivity contribution is 5.47. The predicted molar refractivity (Wildman–Crippen MR) is 67.7 cm³/mol. The molecule has 0 aliphatic carbocycles. The van der Waals surface area contributed by atoms with Gasteiger partial charge in [-0.2, -0.15) is 0 Å². The van der Waals surface area contributed by atoms with E-state index in [0.29, 0.717) is 12.4 Å². The molecule has 0 saturated heterocycles. The van der Waals surface area contributed by atoms with Crippen molar-refractivity contribution in [2.75, 3.05) is 6.61 Å². The topological polar surface area (TPSA) is 18.5 Å². The highest BCUT2D eigenvalue weighted by atomic mass is 16.5. The first kappa shape index (κ1) is 11.5. The maximum Gasteiger partial charge on any atom is 0.177 e. The van der Waals surface area contributed by atoms with Crippen molar-refractivity contribution >= 4 is 0 Å². The van der Waals surface area contributed by atoms with Crippen LogP contribution in [0.5, 0.6) is 17.2 Å². The number of hydrogen-bond acceptors (Lipinski definition) is 2. The van der Waals surface area contributed by atoms with Crippen LogP contribution in [0.2, 0.25) is 0 Å². The summed E-state index contributed by atoms with van der Waals surface area (Å²) in [7, 11) is 0. The van der Waals surface area contributed by atoms with Crippen molar-refractivity contribution in [2.24, 2.45) is 0 Å². The fraction of sp³-hybridized carbons (Fsp3) is 0.200. The molecule has 2 heteroatoms. The Morgan fingerprint density at radius 3 is 2.59 bits per heavy atom. The Labute approximate surface area is 102 Å². The van der Waals surface area contributed by atoms with E-state index in [1.807, 2.05) is 56.3 Å². The molecule has 2 nitrogen and oxygen atoms in total. The lowest BCUT2D eigenvalue weighted by molar-refractivity contribution is 0.319. The van der Waals surface area contributed by atoms with Crippen molar-refractivity contribution in [3.05, 3.63) is 54.1 Å². The molecule has 2 aromatic carbocycles. The zero-order chi connectivity index (χ0) is 12.1. The lowest BCUT2D eigenvalue weighted by atomic mass is 10.2. The van der Waals surface area contributed by atoms with Gasteiger partial charge in [-0.3, -0.25) is 0 Å². The predicted octanol–water partition coefficient (Wildman–Crippen LogP) is 3.99. The van der Waals surface area contributed by atoms with Crippen LogP contribution in [0.15, 0.2) is 42.5 Å². The standard InChI is InChI=1S/C15H15O2/c1-3-16-15-12(2)8-7-11-14(15)17-13-9-5-4-6-10-13/h4-10H,3H2,1-2H3. The van der Waals surface area contributed by atoms with Crippen LogP contribution in [0.3, 0.4) is 0 Å². The van der Waals surface area contributed by atoms with Crippen LogP contribution in [0.25, 0.3) is 0 Å². The van der Waals surface area contributed by atoms with Gasteiger partial charge in [0, 0.05) is 6.07 Å². The van der Waals surface area contributed by atoms with Crippen LogP contribution in [0.1, 0.15) is 12.5 Å². The van der Waals surface area contributed by atoms with Gasteiger partial charge in [0.15, 0.2) is 11.5 Å². The van der Waals surface area contributed by atoms with Crippen LogP contribution in [0, 0.1) is 13.0 Å². The van der Waals surface area contributed by atoms with Crippen molar-refractivity contribution in [1.82, 2.24) is 0 Å². The number of ether oxygens (including phenoxy) is 2. The fourth-order valence-electron chi connectivity index (χ4n) is 1.57. The molecule has 0 saturated carbocycles. The lowest BCUT2D eigenvalue weighted by Crippen LogP contribution is -1.97. The third kappa shape index (κ3) is 2.78. The highest BCUT2D eigenvalue weighted by Crippen LogP contribution is 2.33. The fourth-order valence-corrected chi connectivity index (χ4v) is 1.57. The SMILES string of the molecule is CCOc1c(Oc2ccccc2)[c]ccc1C. The normalized spacial score (nSPS) is 10.0. The second-order valence-corrected chi connectivity index (χ2v) is 3.67. The molecular weight excluding hydrogens is 212 g/mol. The first-order chi connectivity index (χ1) is 8.31. The Morgan fingerprint density at radius 1 is 1.12 bits per heavy atom. The summed E-state index contributed by atoms with van der Waals surface area (Å²) in [6, 6.07) is 16.5. The van der Waals surface area contributed by atoms with Gasteiger partial charge in [0.1, 0.15) is 5.75 Å². The molecule has 0 bridgehead atoms. The molecule has 87 valence electrons. The molecule has 1 radical (unpaired) electrons.